The molecule has 1 N–H and O–H groups in total. The van der Waals surface area contributed by atoms with E-state index in [9.17, 15) is 9.90 Å². The summed E-state index contributed by atoms with van der Waals surface area (Å²) >= 11 is 1.50. The van der Waals surface area contributed by atoms with Crippen LogP contribution in [0.2, 0.25) is 0 Å². The van der Waals surface area contributed by atoms with Gasteiger partial charge in [0.15, 0.2) is 0 Å². The summed E-state index contributed by atoms with van der Waals surface area (Å²) in [6.45, 7) is 6.29. The molecule has 1 aliphatic carbocycles. The van der Waals surface area contributed by atoms with Crippen molar-refractivity contribution in [2.45, 2.75) is 43.3 Å². The maximum atomic E-state index is 11.5. The fourth-order valence-electron chi connectivity index (χ4n) is 2.67. The number of carbonyl (C=O) groups is 1. The van der Waals surface area contributed by atoms with E-state index >= 15 is 0 Å². The van der Waals surface area contributed by atoms with Crippen LogP contribution in [0.4, 0.5) is 0 Å². The van der Waals surface area contributed by atoms with Crippen LogP contribution in [0.1, 0.15) is 32.3 Å². The van der Waals surface area contributed by atoms with Gasteiger partial charge < -0.3 is 5.11 Å². The number of rotatable bonds is 3. The third kappa shape index (κ3) is 2.49. The van der Waals surface area contributed by atoms with E-state index in [1.165, 1.54) is 17.3 Å². The van der Waals surface area contributed by atoms with Crippen LogP contribution >= 0.6 is 11.8 Å². The van der Waals surface area contributed by atoms with Gasteiger partial charge in [-0.15, -0.1) is 11.8 Å². The van der Waals surface area contributed by atoms with Crippen LogP contribution in [-0.2, 0) is 4.79 Å². The zero-order valence-corrected chi connectivity index (χ0v) is 11.3. The predicted octanol–water partition coefficient (Wildman–Crippen LogP) is 3.73. The van der Waals surface area contributed by atoms with Gasteiger partial charge in [-0.2, -0.15) is 0 Å². The molecule has 0 spiro atoms. The monoisotopic (exact) mass is 250 g/mol. The lowest BCUT2D eigenvalue weighted by molar-refractivity contribution is -0.145. The Morgan fingerprint density at radius 2 is 2.00 bits per heavy atom. The van der Waals surface area contributed by atoms with Crippen LogP contribution in [0.5, 0.6) is 0 Å². The minimum absolute atomic E-state index is 0.162. The highest BCUT2D eigenvalue weighted by molar-refractivity contribution is 8.01. The smallest absolute Gasteiger partial charge is 0.320 e. The van der Waals surface area contributed by atoms with Crippen LogP contribution in [-0.4, -0.2) is 15.8 Å². The molecule has 1 aromatic carbocycles. The minimum Gasteiger partial charge on any atom is -0.480 e. The minimum atomic E-state index is -0.677. The highest BCUT2D eigenvalue weighted by Gasteiger charge is 2.55. The quantitative estimate of drug-likeness (QED) is 0.888. The van der Waals surface area contributed by atoms with E-state index < -0.39 is 10.7 Å². The maximum Gasteiger partial charge on any atom is 0.320 e. The average Bonchev–Trinajstić information content (AvgIpc) is 2.14. The molecule has 0 heterocycles. The van der Waals surface area contributed by atoms with Crippen molar-refractivity contribution in [2.75, 3.05) is 0 Å². The normalized spacial score (nSPS) is 20.6. The fraction of sp³-hybridized carbons (Fsp3) is 0.500. The first kappa shape index (κ1) is 12.5. The van der Waals surface area contributed by atoms with Crippen molar-refractivity contribution >= 4 is 17.7 Å². The summed E-state index contributed by atoms with van der Waals surface area (Å²) in [6.07, 6.45) is 1.49. The topological polar surface area (TPSA) is 37.3 Å². The number of aryl methyl sites for hydroxylation is 1. The molecule has 1 aliphatic rings. The number of aliphatic carboxylic acids is 1. The van der Waals surface area contributed by atoms with E-state index in [1.807, 2.05) is 25.1 Å². The van der Waals surface area contributed by atoms with E-state index in [0.29, 0.717) is 0 Å². The van der Waals surface area contributed by atoms with Gasteiger partial charge in [-0.05, 0) is 37.3 Å². The van der Waals surface area contributed by atoms with Crippen molar-refractivity contribution in [3.05, 3.63) is 29.8 Å². The molecule has 0 bridgehead atoms. The summed E-state index contributed by atoms with van der Waals surface area (Å²) in [5.74, 6) is -0.677. The molecule has 1 saturated carbocycles. The third-order valence-corrected chi connectivity index (χ3v) is 4.56. The van der Waals surface area contributed by atoms with Crippen molar-refractivity contribution < 1.29 is 9.90 Å². The van der Waals surface area contributed by atoms with Gasteiger partial charge in [0.25, 0.3) is 0 Å². The summed E-state index contributed by atoms with van der Waals surface area (Å²) < 4.78 is -0.614. The van der Waals surface area contributed by atoms with E-state index in [4.69, 9.17) is 0 Å². The van der Waals surface area contributed by atoms with Gasteiger partial charge in [0.1, 0.15) is 4.75 Å². The molecule has 17 heavy (non-hydrogen) atoms. The van der Waals surface area contributed by atoms with Crippen molar-refractivity contribution in [1.29, 1.82) is 0 Å². The Balaban J connectivity index is 2.18. The number of carboxylic acids is 1. The lowest BCUT2D eigenvalue weighted by Gasteiger charge is -2.49. The highest BCUT2D eigenvalue weighted by Crippen LogP contribution is 2.57. The van der Waals surface area contributed by atoms with Crippen molar-refractivity contribution in [3.63, 3.8) is 0 Å². The molecule has 2 rings (SSSR count). The van der Waals surface area contributed by atoms with E-state index in [-0.39, 0.29) is 5.41 Å². The maximum absolute atomic E-state index is 11.5. The van der Waals surface area contributed by atoms with Gasteiger partial charge in [0, 0.05) is 4.90 Å². The zero-order chi connectivity index (χ0) is 12.7. The molecule has 0 amide bonds. The summed E-state index contributed by atoms with van der Waals surface area (Å²) in [4.78, 5) is 12.5. The highest BCUT2D eigenvalue weighted by atomic mass is 32.2. The Morgan fingerprint density at radius 1 is 1.35 bits per heavy atom. The number of thioether (sulfide) groups is 1. The number of benzene rings is 1. The van der Waals surface area contributed by atoms with Gasteiger partial charge in [-0.3, -0.25) is 4.79 Å². The standard InChI is InChI=1S/C14H18O2S/c1-10-5-4-6-11(7-10)17-14(12(15)16)8-13(2,3)9-14/h4-7H,8-9H2,1-3H3,(H,15,16). The summed E-state index contributed by atoms with van der Waals surface area (Å²) in [5, 5.41) is 9.43. The van der Waals surface area contributed by atoms with Crippen LogP contribution in [0.15, 0.2) is 29.2 Å². The molecule has 2 nitrogen and oxygen atoms in total. The Kier molecular flexibility index (Phi) is 2.98. The molecule has 0 saturated heterocycles. The van der Waals surface area contributed by atoms with Crippen LogP contribution in [0.25, 0.3) is 0 Å². The van der Waals surface area contributed by atoms with E-state index in [0.717, 1.165) is 17.7 Å². The average molecular weight is 250 g/mol. The molecule has 1 fully saturated rings. The van der Waals surface area contributed by atoms with E-state index in [1.54, 1.807) is 0 Å². The zero-order valence-electron chi connectivity index (χ0n) is 10.5. The molecule has 0 aromatic heterocycles. The van der Waals surface area contributed by atoms with Crippen LogP contribution < -0.4 is 0 Å². The summed E-state index contributed by atoms with van der Waals surface area (Å²) in [5.41, 5.74) is 1.34. The SMILES string of the molecule is Cc1cccc(SC2(C(=O)O)CC(C)(C)C2)c1. The lowest BCUT2D eigenvalue weighted by Crippen LogP contribution is -2.52. The van der Waals surface area contributed by atoms with Crippen molar-refractivity contribution in [1.82, 2.24) is 0 Å². The number of hydrogen-bond donors (Lipinski definition) is 1. The van der Waals surface area contributed by atoms with Gasteiger partial charge >= 0.3 is 5.97 Å². The van der Waals surface area contributed by atoms with Gasteiger partial charge in [-0.25, -0.2) is 0 Å². The Hall–Kier alpha value is -0.960. The second kappa shape index (κ2) is 4.05. The third-order valence-electron chi connectivity index (χ3n) is 3.22. The van der Waals surface area contributed by atoms with Crippen molar-refractivity contribution in [3.8, 4) is 0 Å². The van der Waals surface area contributed by atoms with Crippen LogP contribution in [0.3, 0.4) is 0 Å². The molecule has 1 aromatic rings. The fourth-order valence-corrected chi connectivity index (χ4v) is 4.52. The summed E-state index contributed by atoms with van der Waals surface area (Å²) in [6, 6.07) is 8.06. The van der Waals surface area contributed by atoms with Gasteiger partial charge in [-0.1, -0.05) is 31.5 Å². The van der Waals surface area contributed by atoms with Gasteiger partial charge in [0.05, 0.1) is 0 Å². The van der Waals surface area contributed by atoms with E-state index in [2.05, 4.69) is 19.9 Å². The molecular weight excluding hydrogens is 232 g/mol. The Labute approximate surface area is 106 Å². The second-order valence-corrected chi connectivity index (χ2v) is 7.19. The molecule has 92 valence electrons. The number of carboxylic acid groups (broad SMARTS) is 1. The molecule has 3 heteroatoms. The lowest BCUT2D eigenvalue weighted by atomic mass is 9.64. The first-order chi connectivity index (χ1) is 7.83. The molecular formula is C14H18O2S. The van der Waals surface area contributed by atoms with Crippen molar-refractivity contribution in [2.24, 2.45) is 5.41 Å². The predicted molar refractivity (Wildman–Crippen MR) is 70.4 cm³/mol. The van der Waals surface area contributed by atoms with Crippen LogP contribution in [0, 0.1) is 12.3 Å². The molecule has 0 atom stereocenters. The molecule has 0 radical (unpaired) electrons. The largest absolute Gasteiger partial charge is 0.480 e. The first-order valence-electron chi connectivity index (χ1n) is 5.82. The Morgan fingerprint density at radius 3 is 2.47 bits per heavy atom. The van der Waals surface area contributed by atoms with Gasteiger partial charge in [0.2, 0.25) is 0 Å². The second-order valence-electron chi connectivity index (χ2n) is 5.74. The molecule has 0 aliphatic heterocycles. The molecule has 0 unspecified atom stereocenters. The summed E-state index contributed by atoms with van der Waals surface area (Å²) in [7, 11) is 0. The number of hydrogen-bond acceptors (Lipinski definition) is 2. The Bertz CT molecular complexity index is 443. The first-order valence-corrected chi connectivity index (χ1v) is 6.64.